The summed E-state index contributed by atoms with van der Waals surface area (Å²) in [7, 11) is 0.313. The smallest absolute Gasteiger partial charge is 0.155 e. The Hall–Kier alpha value is -0.680. The molecule has 0 amide bonds. The maximum Gasteiger partial charge on any atom is 0.155 e. The molecule has 0 aliphatic heterocycles. The van der Waals surface area contributed by atoms with Crippen molar-refractivity contribution in [3.63, 3.8) is 0 Å². The zero-order valence-electron chi connectivity index (χ0n) is 10.6. The van der Waals surface area contributed by atoms with Crippen LogP contribution < -0.4 is 0 Å². The zero-order chi connectivity index (χ0) is 12.2. The van der Waals surface area contributed by atoms with E-state index in [4.69, 9.17) is 0 Å². The predicted molar refractivity (Wildman–Crippen MR) is 74.9 cm³/mol. The fourth-order valence-electron chi connectivity index (χ4n) is 2.03. The average Bonchev–Trinajstić information content (AvgIpc) is 2.38. The highest BCUT2D eigenvalue weighted by Crippen LogP contribution is 2.11. The normalized spacial score (nSPS) is 10.8. The van der Waals surface area contributed by atoms with Crippen molar-refractivity contribution in [3.05, 3.63) is 35.9 Å². The minimum atomic E-state index is 0.313. The van der Waals surface area contributed by atoms with Gasteiger partial charge in [-0.25, -0.2) is 0 Å². The Morgan fingerprint density at radius 1 is 0.765 bits per heavy atom. The standard InChI is InChI=1S/C15H23OP/c16-17-14-10-5-3-1-2-4-7-11-15-12-8-6-9-13-15/h6,8-9,12-13H,1-5,7,10-11,14H2. The Bertz CT molecular complexity index is 284. The van der Waals surface area contributed by atoms with Crippen molar-refractivity contribution < 1.29 is 4.57 Å². The van der Waals surface area contributed by atoms with E-state index in [1.54, 1.807) is 0 Å². The molecule has 1 nitrogen and oxygen atoms in total. The van der Waals surface area contributed by atoms with Crippen molar-refractivity contribution in [2.45, 2.75) is 51.4 Å². The van der Waals surface area contributed by atoms with Gasteiger partial charge in [0.25, 0.3) is 0 Å². The lowest BCUT2D eigenvalue weighted by Gasteiger charge is -2.02. The average molecular weight is 250 g/mol. The highest BCUT2D eigenvalue weighted by Gasteiger charge is 1.94. The number of aryl methyl sites for hydroxylation is 1. The topological polar surface area (TPSA) is 17.1 Å². The third-order valence-corrected chi connectivity index (χ3v) is 3.56. The Morgan fingerprint density at radius 2 is 1.35 bits per heavy atom. The summed E-state index contributed by atoms with van der Waals surface area (Å²) in [4.78, 5) is 0. The van der Waals surface area contributed by atoms with Crippen LogP contribution in [0.15, 0.2) is 30.3 Å². The Balaban J connectivity index is 1.86. The molecule has 1 aromatic carbocycles. The Morgan fingerprint density at radius 3 is 2.00 bits per heavy atom. The molecule has 1 rings (SSSR count). The summed E-state index contributed by atoms with van der Waals surface area (Å²) < 4.78 is 10.2. The van der Waals surface area contributed by atoms with E-state index >= 15 is 0 Å². The van der Waals surface area contributed by atoms with E-state index in [2.05, 4.69) is 30.3 Å². The van der Waals surface area contributed by atoms with Gasteiger partial charge in [0.05, 0.1) is 0 Å². The maximum atomic E-state index is 10.2. The molecule has 94 valence electrons. The SMILES string of the molecule is O=PCCCCCCCCCc1ccccc1. The maximum absolute atomic E-state index is 10.2. The van der Waals surface area contributed by atoms with Crippen LogP contribution in [0.4, 0.5) is 0 Å². The third-order valence-electron chi connectivity index (χ3n) is 3.06. The number of hydrogen-bond donors (Lipinski definition) is 0. The molecule has 0 saturated carbocycles. The molecular weight excluding hydrogens is 227 g/mol. The van der Waals surface area contributed by atoms with Gasteiger partial charge in [0, 0.05) is 6.16 Å². The number of hydrogen-bond acceptors (Lipinski definition) is 1. The zero-order valence-corrected chi connectivity index (χ0v) is 11.5. The van der Waals surface area contributed by atoms with Gasteiger partial charge in [-0.2, -0.15) is 0 Å². The van der Waals surface area contributed by atoms with Crippen LogP contribution in [0.3, 0.4) is 0 Å². The highest BCUT2D eigenvalue weighted by molar-refractivity contribution is 7.23. The molecule has 1 aromatic rings. The highest BCUT2D eigenvalue weighted by atomic mass is 31.1. The molecule has 0 atom stereocenters. The quantitative estimate of drug-likeness (QED) is 0.409. The first-order valence-corrected chi connectivity index (χ1v) is 7.76. The van der Waals surface area contributed by atoms with Crippen molar-refractivity contribution in [1.29, 1.82) is 0 Å². The molecule has 0 radical (unpaired) electrons. The fourth-order valence-corrected chi connectivity index (χ4v) is 2.39. The van der Waals surface area contributed by atoms with Gasteiger partial charge in [-0.1, -0.05) is 62.4 Å². The molecule has 0 spiro atoms. The fraction of sp³-hybridized carbons (Fsp3) is 0.600. The van der Waals surface area contributed by atoms with Crippen LogP contribution in [0.2, 0.25) is 0 Å². The van der Waals surface area contributed by atoms with E-state index in [-0.39, 0.29) is 0 Å². The summed E-state index contributed by atoms with van der Waals surface area (Å²) in [6.07, 6.45) is 11.1. The number of rotatable bonds is 10. The summed E-state index contributed by atoms with van der Waals surface area (Å²) in [6.45, 7) is 0. The van der Waals surface area contributed by atoms with Gasteiger partial charge in [-0.05, 0) is 24.8 Å². The van der Waals surface area contributed by atoms with E-state index < -0.39 is 0 Å². The number of unbranched alkanes of at least 4 members (excludes halogenated alkanes) is 6. The van der Waals surface area contributed by atoms with Crippen molar-refractivity contribution >= 4 is 8.46 Å². The monoisotopic (exact) mass is 250 g/mol. The van der Waals surface area contributed by atoms with Crippen LogP contribution in [0.25, 0.3) is 0 Å². The van der Waals surface area contributed by atoms with E-state index in [0.717, 1.165) is 12.6 Å². The molecule has 17 heavy (non-hydrogen) atoms. The van der Waals surface area contributed by atoms with Gasteiger partial charge in [-0.3, -0.25) is 4.57 Å². The second kappa shape index (κ2) is 10.5. The van der Waals surface area contributed by atoms with E-state index in [9.17, 15) is 4.57 Å². The molecule has 0 bridgehead atoms. The van der Waals surface area contributed by atoms with E-state index in [0.29, 0.717) is 8.46 Å². The summed E-state index contributed by atoms with van der Waals surface area (Å²) in [5.41, 5.74) is 1.46. The molecule has 0 fully saturated rings. The first kappa shape index (κ1) is 14.4. The molecule has 0 unspecified atom stereocenters. The minimum absolute atomic E-state index is 0.313. The first-order chi connectivity index (χ1) is 8.43. The lowest BCUT2D eigenvalue weighted by Crippen LogP contribution is -1.86. The predicted octanol–water partition coefficient (Wildman–Crippen LogP) is 5.25. The largest absolute Gasteiger partial charge is 0.275 e. The second-order valence-corrected chi connectivity index (χ2v) is 5.27. The molecule has 0 heterocycles. The van der Waals surface area contributed by atoms with Gasteiger partial charge in [0.15, 0.2) is 8.46 Å². The van der Waals surface area contributed by atoms with Gasteiger partial charge in [0.1, 0.15) is 0 Å². The van der Waals surface area contributed by atoms with Crippen LogP contribution in [0.1, 0.15) is 50.5 Å². The van der Waals surface area contributed by atoms with Crippen LogP contribution in [0, 0.1) is 0 Å². The molecular formula is C15H23OP. The van der Waals surface area contributed by atoms with Crippen LogP contribution >= 0.6 is 8.46 Å². The van der Waals surface area contributed by atoms with Crippen LogP contribution in [-0.2, 0) is 11.0 Å². The molecule has 0 aliphatic carbocycles. The summed E-state index contributed by atoms with van der Waals surface area (Å²) >= 11 is 0. The molecule has 0 aromatic heterocycles. The molecule has 0 aliphatic rings. The van der Waals surface area contributed by atoms with Gasteiger partial charge in [-0.15, -0.1) is 0 Å². The van der Waals surface area contributed by atoms with Gasteiger partial charge < -0.3 is 0 Å². The molecule has 2 heteroatoms. The van der Waals surface area contributed by atoms with Crippen molar-refractivity contribution in [3.8, 4) is 0 Å². The van der Waals surface area contributed by atoms with Crippen LogP contribution in [0.5, 0.6) is 0 Å². The summed E-state index contributed by atoms with van der Waals surface area (Å²) in [5, 5.41) is 0. The Kier molecular flexibility index (Phi) is 8.86. The number of benzene rings is 1. The summed E-state index contributed by atoms with van der Waals surface area (Å²) in [6, 6.07) is 10.7. The second-order valence-electron chi connectivity index (χ2n) is 4.56. The van der Waals surface area contributed by atoms with Gasteiger partial charge >= 0.3 is 0 Å². The summed E-state index contributed by atoms with van der Waals surface area (Å²) in [5.74, 6) is 0. The lowest BCUT2D eigenvalue weighted by molar-refractivity contribution is 0.581. The Labute approximate surface area is 107 Å². The van der Waals surface area contributed by atoms with Crippen molar-refractivity contribution in [1.82, 2.24) is 0 Å². The third kappa shape index (κ3) is 8.10. The van der Waals surface area contributed by atoms with E-state index in [1.807, 2.05) is 0 Å². The first-order valence-electron chi connectivity index (χ1n) is 6.76. The van der Waals surface area contributed by atoms with Gasteiger partial charge in [0.2, 0.25) is 0 Å². The lowest BCUT2D eigenvalue weighted by atomic mass is 10.0. The van der Waals surface area contributed by atoms with E-state index in [1.165, 1.54) is 50.5 Å². The molecule has 0 N–H and O–H groups in total. The molecule has 0 saturated heterocycles. The van der Waals surface area contributed by atoms with Crippen LogP contribution in [-0.4, -0.2) is 6.16 Å². The van der Waals surface area contributed by atoms with Crippen molar-refractivity contribution in [2.75, 3.05) is 6.16 Å². The van der Waals surface area contributed by atoms with Crippen molar-refractivity contribution in [2.24, 2.45) is 0 Å². The minimum Gasteiger partial charge on any atom is -0.275 e.